The number of carbonyl (C=O) groups excluding carboxylic acids is 2. The van der Waals surface area contributed by atoms with Crippen molar-refractivity contribution in [3.63, 3.8) is 0 Å². The average Bonchev–Trinajstić information content (AvgIpc) is 3.26. The van der Waals surface area contributed by atoms with Crippen LogP contribution in [0.15, 0.2) is 59.5 Å². The number of rotatable bonds is 7. The minimum atomic E-state index is -3.61. The van der Waals surface area contributed by atoms with Gasteiger partial charge in [-0.25, -0.2) is 8.42 Å². The second-order valence-electron chi connectivity index (χ2n) is 10.1. The molecule has 200 valence electrons. The first-order valence-electron chi connectivity index (χ1n) is 12.8. The molecule has 0 spiro atoms. The van der Waals surface area contributed by atoms with E-state index in [1.54, 1.807) is 0 Å². The minimum Gasteiger partial charge on any atom is -0.365 e. The van der Waals surface area contributed by atoms with Crippen LogP contribution in [0.1, 0.15) is 56.5 Å². The van der Waals surface area contributed by atoms with Crippen molar-refractivity contribution in [2.24, 2.45) is 11.7 Å². The molecule has 0 bridgehead atoms. The first-order valence-corrected chi connectivity index (χ1v) is 15.1. The summed E-state index contributed by atoms with van der Waals surface area (Å²) >= 11 is 1.38. The third kappa shape index (κ3) is 5.54. The zero-order valence-corrected chi connectivity index (χ0v) is 23.0. The summed E-state index contributed by atoms with van der Waals surface area (Å²) in [6.07, 6.45) is 2.54. The van der Waals surface area contributed by atoms with Gasteiger partial charge in [0.05, 0.1) is 10.5 Å². The zero-order valence-electron chi connectivity index (χ0n) is 21.4. The molecule has 0 radical (unpaired) electrons. The Morgan fingerprint density at radius 3 is 2.50 bits per heavy atom. The van der Waals surface area contributed by atoms with E-state index in [4.69, 9.17) is 5.73 Å². The lowest BCUT2D eigenvalue weighted by molar-refractivity contribution is 0.0999. The van der Waals surface area contributed by atoms with Crippen LogP contribution in [0.2, 0.25) is 0 Å². The Balaban J connectivity index is 1.31. The largest absolute Gasteiger partial charge is 0.365 e. The highest BCUT2D eigenvalue weighted by atomic mass is 32.2. The number of nitrogens with zero attached hydrogens (tertiary/aromatic N) is 2. The monoisotopic (exact) mass is 552 g/mol. The SMILES string of the molecule is CC1CCCN(S(=O)(=O)c2ccc(C(=O)Nc3sc4c(c3C(N)=O)CCN(Cc3ccccc3)C4)cc2)C1. The highest BCUT2D eigenvalue weighted by molar-refractivity contribution is 7.89. The summed E-state index contributed by atoms with van der Waals surface area (Å²) in [6.45, 7) is 5.34. The Bertz CT molecular complexity index is 1440. The molecule has 1 fully saturated rings. The van der Waals surface area contributed by atoms with E-state index in [9.17, 15) is 18.0 Å². The Morgan fingerprint density at radius 2 is 1.82 bits per heavy atom. The summed E-state index contributed by atoms with van der Waals surface area (Å²) in [7, 11) is -3.61. The highest BCUT2D eigenvalue weighted by Gasteiger charge is 2.30. The van der Waals surface area contributed by atoms with Crippen LogP contribution in [0.4, 0.5) is 5.00 Å². The number of amides is 2. The number of benzene rings is 2. The number of piperidine rings is 1. The summed E-state index contributed by atoms with van der Waals surface area (Å²) in [5.41, 5.74) is 8.54. The van der Waals surface area contributed by atoms with Gasteiger partial charge in [-0.2, -0.15) is 4.31 Å². The Morgan fingerprint density at radius 1 is 1.08 bits per heavy atom. The van der Waals surface area contributed by atoms with Crippen LogP contribution in [-0.2, 0) is 29.5 Å². The Labute approximate surface area is 227 Å². The van der Waals surface area contributed by atoms with Gasteiger partial charge >= 0.3 is 0 Å². The predicted octanol–water partition coefficient (Wildman–Crippen LogP) is 4.08. The van der Waals surface area contributed by atoms with Crippen LogP contribution in [0, 0.1) is 5.92 Å². The molecule has 2 aromatic carbocycles. The molecule has 2 aliphatic rings. The molecular formula is C28H32N4O4S2. The minimum absolute atomic E-state index is 0.172. The first-order chi connectivity index (χ1) is 18.2. The molecule has 2 aliphatic heterocycles. The lowest BCUT2D eigenvalue weighted by Crippen LogP contribution is -2.39. The van der Waals surface area contributed by atoms with Gasteiger partial charge in [-0.05, 0) is 60.6 Å². The van der Waals surface area contributed by atoms with E-state index in [2.05, 4.69) is 29.3 Å². The average molecular weight is 553 g/mol. The molecule has 1 atom stereocenters. The van der Waals surface area contributed by atoms with Crippen LogP contribution in [0.3, 0.4) is 0 Å². The van der Waals surface area contributed by atoms with Crippen molar-refractivity contribution >= 4 is 38.2 Å². The maximum Gasteiger partial charge on any atom is 0.256 e. The van der Waals surface area contributed by atoms with E-state index >= 15 is 0 Å². The molecule has 8 nitrogen and oxygen atoms in total. The second-order valence-corrected chi connectivity index (χ2v) is 13.2. The van der Waals surface area contributed by atoms with Gasteiger partial charge in [-0.3, -0.25) is 14.5 Å². The number of hydrogen-bond acceptors (Lipinski definition) is 6. The molecule has 3 N–H and O–H groups in total. The quantitative estimate of drug-likeness (QED) is 0.459. The summed E-state index contributed by atoms with van der Waals surface area (Å²) < 4.78 is 27.6. The molecular weight excluding hydrogens is 520 g/mol. The molecule has 0 saturated carbocycles. The Hall–Kier alpha value is -3.05. The van der Waals surface area contributed by atoms with E-state index in [1.807, 2.05) is 18.2 Å². The number of thiophene rings is 1. The molecule has 3 aromatic rings. The summed E-state index contributed by atoms with van der Waals surface area (Å²) in [5.74, 6) is -0.653. The number of fused-ring (bicyclic) bond motifs is 1. The third-order valence-corrected chi connectivity index (χ3v) is 10.2. The van der Waals surface area contributed by atoms with E-state index in [0.717, 1.165) is 36.4 Å². The fraction of sp³-hybridized carbons (Fsp3) is 0.357. The van der Waals surface area contributed by atoms with Gasteiger partial charge in [0.15, 0.2) is 0 Å². The van der Waals surface area contributed by atoms with Crippen molar-refractivity contribution in [2.45, 2.75) is 44.2 Å². The van der Waals surface area contributed by atoms with Gasteiger partial charge in [0, 0.05) is 43.2 Å². The van der Waals surface area contributed by atoms with Gasteiger partial charge in [0.1, 0.15) is 5.00 Å². The molecule has 1 saturated heterocycles. The molecule has 5 rings (SSSR count). The number of nitrogens with two attached hydrogens (primary N) is 1. The maximum atomic E-state index is 13.1. The first kappa shape index (κ1) is 26.6. The van der Waals surface area contributed by atoms with Crippen molar-refractivity contribution in [3.8, 4) is 0 Å². The van der Waals surface area contributed by atoms with Gasteiger partial charge in [0.25, 0.3) is 11.8 Å². The number of carbonyl (C=O) groups is 2. The molecule has 1 aromatic heterocycles. The zero-order chi connectivity index (χ0) is 26.9. The number of anilines is 1. The molecule has 1 unspecified atom stereocenters. The van der Waals surface area contributed by atoms with Crippen LogP contribution < -0.4 is 11.1 Å². The van der Waals surface area contributed by atoms with E-state index in [0.29, 0.717) is 48.1 Å². The molecule has 0 aliphatic carbocycles. The fourth-order valence-electron chi connectivity index (χ4n) is 5.25. The van der Waals surface area contributed by atoms with Gasteiger partial charge in [-0.1, -0.05) is 37.3 Å². The van der Waals surface area contributed by atoms with Gasteiger partial charge in [-0.15, -0.1) is 11.3 Å². The highest BCUT2D eigenvalue weighted by Crippen LogP contribution is 2.37. The summed E-state index contributed by atoms with van der Waals surface area (Å²) in [5, 5.41) is 3.30. The molecule has 38 heavy (non-hydrogen) atoms. The smallest absolute Gasteiger partial charge is 0.256 e. The second kappa shape index (κ2) is 11.0. The van der Waals surface area contributed by atoms with Crippen LogP contribution >= 0.6 is 11.3 Å². The van der Waals surface area contributed by atoms with Crippen molar-refractivity contribution in [1.82, 2.24) is 9.21 Å². The number of nitrogens with one attached hydrogen (secondary N) is 1. The molecule has 3 heterocycles. The number of primary amides is 1. The van der Waals surface area contributed by atoms with Crippen LogP contribution in [-0.4, -0.2) is 49.1 Å². The lowest BCUT2D eigenvalue weighted by Gasteiger charge is -2.30. The third-order valence-electron chi connectivity index (χ3n) is 7.23. The normalized spacial score (nSPS) is 18.6. The molecule has 2 amide bonds. The molecule has 10 heteroatoms. The van der Waals surface area contributed by atoms with Crippen molar-refractivity contribution in [3.05, 3.63) is 81.7 Å². The topological polar surface area (TPSA) is 113 Å². The Kier molecular flexibility index (Phi) is 7.67. The summed E-state index contributed by atoms with van der Waals surface area (Å²) in [4.78, 5) is 29.0. The summed E-state index contributed by atoms with van der Waals surface area (Å²) in [6, 6.07) is 16.2. The van der Waals surface area contributed by atoms with E-state index in [-0.39, 0.29) is 4.90 Å². The van der Waals surface area contributed by atoms with Crippen molar-refractivity contribution < 1.29 is 18.0 Å². The maximum absolute atomic E-state index is 13.1. The van der Waals surface area contributed by atoms with Crippen molar-refractivity contribution in [1.29, 1.82) is 0 Å². The van der Waals surface area contributed by atoms with Gasteiger partial charge < -0.3 is 11.1 Å². The number of sulfonamides is 1. The standard InChI is InChI=1S/C28H32N4O4S2/c1-19-6-5-14-32(16-19)38(35,36)22-11-9-21(10-12-22)27(34)30-28-25(26(29)33)23-13-15-31(18-24(23)37-28)17-20-7-3-2-4-8-20/h2-4,7-12,19H,5-6,13-18H2,1H3,(H2,29,33)(H,30,34). The van der Waals surface area contributed by atoms with E-state index < -0.39 is 21.8 Å². The van der Waals surface area contributed by atoms with Gasteiger partial charge in [0.2, 0.25) is 10.0 Å². The van der Waals surface area contributed by atoms with Crippen molar-refractivity contribution in [2.75, 3.05) is 25.0 Å². The van der Waals surface area contributed by atoms with E-state index in [1.165, 1.54) is 45.5 Å². The number of hydrogen-bond donors (Lipinski definition) is 2. The van der Waals surface area contributed by atoms with Crippen LogP contribution in [0.5, 0.6) is 0 Å². The predicted molar refractivity (Wildman–Crippen MR) is 149 cm³/mol. The van der Waals surface area contributed by atoms with Crippen LogP contribution in [0.25, 0.3) is 0 Å². The lowest BCUT2D eigenvalue weighted by atomic mass is 10.0. The fourth-order valence-corrected chi connectivity index (χ4v) is 8.14.